The second kappa shape index (κ2) is 9.96. The van der Waals surface area contributed by atoms with Gasteiger partial charge in [0.2, 0.25) is 0 Å². The molecule has 186 valence electrons. The quantitative estimate of drug-likeness (QED) is 0.447. The van der Waals surface area contributed by atoms with E-state index in [1.54, 1.807) is 30.3 Å². The SMILES string of the molecule is COc1ccc(F)cc1CNCc1ccc(-c2nn(C3COCCC3(F)F)c(N)c2C(N)=O)cc1. The Kier molecular flexibility index (Phi) is 6.99. The van der Waals surface area contributed by atoms with E-state index in [-0.39, 0.29) is 36.1 Å². The number of hydrogen-bond donors (Lipinski definition) is 3. The van der Waals surface area contributed by atoms with Crippen LogP contribution >= 0.6 is 0 Å². The van der Waals surface area contributed by atoms with Gasteiger partial charge in [-0.25, -0.2) is 17.9 Å². The molecule has 3 aromatic rings. The molecule has 8 nitrogen and oxygen atoms in total. The second-order valence-corrected chi connectivity index (χ2v) is 8.28. The Balaban J connectivity index is 1.53. The molecule has 0 radical (unpaired) electrons. The van der Waals surface area contributed by atoms with Crippen LogP contribution in [0.4, 0.5) is 19.0 Å². The van der Waals surface area contributed by atoms with E-state index >= 15 is 0 Å². The molecule has 0 aliphatic carbocycles. The Bertz CT molecular complexity index is 1210. The Labute approximate surface area is 200 Å². The van der Waals surface area contributed by atoms with Crippen LogP contribution in [0.5, 0.6) is 5.75 Å². The fourth-order valence-electron chi connectivity index (χ4n) is 4.08. The van der Waals surface area contributed by atoms with E-state index in [1.807, 2.05) is 0 Å². The minimum absolute atomic E-state index is 0.0678. The summed E-state index contributed by atoms with van der Waals surface area (Å²) >= 11 is 0. The van der Waals surface area contributed by atoms with E-state index in [0.717, 1.165) is 10.2 Å². The summed E-state index contributed by atoms with van der Waals surface area (Å²) < 4.78 is 53.9. The molecule has 2 heterocycles. The zero-order valence-electron chi connectivity index (χ0n) is 19.1. The molecule has 1 aliphatic heterocycles. The molecule has 11 heteroatoms. The maximum atomic E-state index is 14.5. The average molecular weight is 489 g/mol. The van der Waals surface area contributed by atoms with Gasteiger partial charge in [0.05, 0.1) is 20.3 Å². The van der Waals surface area contributed by atoms with Crippen LogP contribution in [0.15, 0.2) is 42.5 Å². The first-order chi connectivity index (χ1) is 16.7. The lowest BCUT2D eigenvalue weighted by Crippen LogP contribution is -2.40. The Hall–Kier alpha value is -3.57. The number of nitrogen functional groups attached to an aromatic ring is 1. The summed E-state index contributed by atoms with van der Waals surface area (Å²) in [4.78, 5) is 12.1. The van der Waals surface area contributed by atoms with E-state index in [4.69, 9.17) is 20.9 Å². The lowest BCUT2D eigenvalue weighted by molar-refractivity contribution is -0.135. The molecule has 0 saturated carbocycles. The predicted molar refractivity (Wildman–Crippen MR) is 124 cm³/mol. The number of rotatable bonds is 8. The number of halogens is 3. The second-order valence-electron chi connectivity index (χ2n) is 8.28. The van der Waals surface area contributed by atoms with Crippen LogP contribution in [0.25, 0.3) is 11.3 Å². The first kappa shape index (κ1) is 24.6. The normalized spacial score (nSPS) is 17.3. The number of ether oxygens (including phenoxy) is 2. The molecule has 1 unspecified atom stereocenters. The monoisotopic (exact) mass is 489 g/mol. The standard InChI is InChI=1S/C24H26F3N5O3/c1-34-18-7-6-17(25)10-16(18)12-30-11-14-2-4-15(5-3-14)21-20(23(29)33)22(28)32(31-21)19-13-35-9-8-24(19,26)27/h2-7,10,19,30H,8-9,11-13,28H2,1H3,(H2,29,33). The van der Waals surface area contributed by atoms with Crippen molar-refractivity contribution in [1.82, 2.24) is 15.1 Å². The van der Waals surface area contributed by atoms with Gasteiger partial charge in [-0.15, -0.1) is 0 Å². The van der Waals surface area contributed by atoms with E-state index in [2.05, 4.69) is 10.4 Å². The van der Waals surface area contributed by atoms with Gasteiger partial charge in [-0.05, 0) is 23.8 Å². The van der Waals surface area contributed by atoms with Crippen molar-refractivity contribution in [2.24, 2.45) is 5.73 Å². The van der Waals surface area contributed by atoms with Crippen molar-refractivity contribution < 1.29 is 27.4 Å². The summed E-state index contributed by atoms with van der Waals surface area (Å²) in [7, 11) is 1.52. The Morgan fingerprint density at radius 2 is 2.00 bits per heavy atom. The third kappa shape index (κ3) is 5.10. The van der Waals surface area contributed by atoms with Crippen LogP contribution in [0, 0.1) is 5.82 Å². The molecular formula is C24H26F3N5O3. The van der Waals surface area contributed by atoms with Gasteiger partial charge >= 0.3 is 0 Å². The van der Waals surface area contributed by atoms with Gasteiger partial charge in [0, 0.05) is 30.6 Å². The predicted octanol–water partition coefficient (Wildman–Crippen LogP) is 3.27. The van der Waals surface area contributed by atoms with E-state index in [9.17, 15) is 18.0 Å². The molecule has 0 bridgehead atoms. The lowest BCUT2D eigenvalue weighted by atomic mass is 10.0. The fraction of sp³-hybridized carbons (Fsp3) is 0.333. The number of primary amides is 1. The third-order valence-electron chi connectivity index (χ3n) is 5.95. The molecular weight excluding hydrogens is 463 g/mol. The number of hydrogen-bond acceptors (Lipinski definition) is 6. The minimum Gasteiger partial charge on any atom is -0.496 e. The summed E-state index contributed by atoms with van der Waals surface area (Å²) in [6.07, 6.45) is -0.471. The maximum Gasteiger partial charge on any atom is 0.274 e. The van der Waals surface area contributed by atoms with Crippen molar-refractivity contribution in [3.05, 3.63) is 65.0 Å². The summed E-state index contributed by atoms with van der Waals surface area (Å²) in [6.45, 7) is 0.497. The molecule has 1 atom stereocenters. The van der Waals surface area contributed by atoms with Gasteiger partial charge in [0.1, 0.15) is 34.7 Å². The number of methoxy groups -OCH3 is 1. The Morgan fingerprint density at radius 1 is 1.26 bits per heavy atom. The van der Waals surface area contributed by atoms with Crippen LogP contribution in [-0.4, -0.2) is 41.9 Å². The van der Waals surface area contributed by atoms with Crippen LogP contribution in [0.1, 0.15) is 33.9 Å². The van der Waals surface area contributed by atoms with Crippen LogP contribution in [-0.2, 0) is 17.8 Å². The first-order valence-corrected chi connectivity index (χ1v) is 11.0. The van der Waals surface area contributed by atoms with Crippen molar-refractivity contribution >= 4 is 11.7 Å². The number of nitrogens with two attached hydrogens (primary N) is 2. The number of aromatic nitrogens is 2. The van der Waals surface area contributed by atoms with Gasteiger partial charge in [-0.1, -0.05) is 24.3 Å². The maximum absolute atomic E-state index is 14.5. The van der Waals surface area contributed by atoms with E-state index < -0.39 is 24.3 Å². The topological polar surface area (TPSA) is 117 Å². The number of benzene rings is 2. The number of nitrogens with zero attached hydrogens (tertiary/aromatic N) is 2. The van der Waals surface area contributed by atoms with Crippen molar-refractivity contribution in [3.8, 4) is 17.0 Å². The van der Waals surface area contributed by atoms with E-state index in [1.165, 1.54) is 19.2 Å². The van der Waals surface area contributed by atoms with Gasteiger partial charge in [0.15, 0.2) is 0 Å². The average Bonchev–Trinajstić information content (AvgIpc) is 3.16. The molecule has 1 aromatic heterocycles. The highest BCUT2D eigenvalue weighted by molar-refractivity contribution is 6.03. The zero-order chi connectivity index (χ0) is 25.2. The lowest BCUT2D eigenvalue weighted by Gasteiger charge is -2.31. The van der Waals surface area contributed by atoms with Crippen molar-refractivity contribution in [2.45, 2.75) is 31.5 Å². The molecule has 1 amide bonds. The van der Waals surface area contributed by atoms with Crippen molar-refractivity contribution in [3.63, 3.8) is 0 Å². The van der Waals surface area contributed by atoms with E-state index in [0.29, 0.717) is 30.0 Å². The number of carbonyl (C=O) groups is 1. The number of alkyl halides is 2. The molecule has 35 heavy (non-hydrogen) atoms. The summed E-state index contributed by atoms with van der Waals surface area (Å²) in [5.41, 5.74) is 13.6. The molecule has 2 aromatic carbocycles. The molecule has 1 saturated heterocycles. The highest BCUT2D eigenvalue weighted by atomic mass is 19.3. The smallest absolute Gasteiger partial charge is 0.274 e. The molecule has 4 rings (SSSR count). The van der Waals surface area contributed by atoms with Gasteiger partial charge in [-0.3, -0.25) is 4.79 Å². The van der Waals surface area contributed by atoms with Crippen LogP contribution < -0.4 is 21.5 Å². The van der Waals surface area contributed by atoms with Crippen molar-refractivity contribution in [1.29, 1.82) is 0 Å². The van der Waals surface area contributed by atoms with Gasteiger partial charge < -0.3 is 26.3 Å². The largest absolute Gasteiger partial charge is 0.496 e. The first-order valence-electron chi connectivity index (χ1n) is 11.0. The summed E-state index contributed by atoms with van der Waals surface area (Å²) in [5.74, 6) is -3.95. The van der Waals surface area contributed by atoms with Crippen LogP contribution in [0.3, 0.4) is 0 Å². The molecule has 1 fully saturated rings. The zero-order valence-corrected chi connectivity index (χ0v) is 19.1. The fourth-order valence-corrected chi connectivity index (χ4v) is 4.08. The summed E-state index contributed by atoms with van der Waals surface area (Å²) in [5, 5.41) is 7.46. The highest BCUT2D eigenvalue weighted by Gasteiger charge is 2.45. The van der Waals surface area contributed by atoms with Gasteiger partial charge in [0.25, 0.3) is 11.8 Å². The third-order valence-corrected chi connectivity index (χ3v) is 5.95. The number of carbonyl (C=O) groups excluding carboxylic acids is 1. The molecule has 0 spiro atoms. The Morgan fingerprint density at radius 3 is 2.66 bits per heavy atom. The number of nitrogens with one attached hydrogen (secondary N) is 1. The molecule has 1 aliphatic rings. The van der Waals surface area contributed by atoms with Gasteiger partial charge in [-0.2, -0.15) is 5.10 Å². The minimum atomic E-state index is -3.09. The van der Waals surface area contributed by atoms with Crippen molar-refractivity contribution in [2.75, 3.05) is 26.1 Å². The van der Waals surface area contributed by atoms with Crippen LogP contribution in [0.2, 0.25) is 0 Å². The molecule has 5 N–H and O–H groups in total. The summed E-state index contributed by atoms with van der Waals surface area (Å²) in [6, 6.07) is 9.86. The number of anilines is 1. The number of amides is 1. The highest BCUT2D eigenvalue weighted by Crippen LogP contribution is 2.39.